The largest absolute Gasteiger partial charge is 0.508 e. The number of aromatic nitrogens is 3. The van der Waals surface area contributed by atoms with E-state index in [2.05, 4.69) is 9.97 Å². The maximum Gasteiger partial charge on any atom is 0.260 e. The number of nitrogens with zero attached hydrogens (tertiary/aromatic N) is 2. The van der Waals surface area contributed by atoms with Crippen LogP contribution in [0.25, 0.3) is 27.8 Å². The van der Waals surface area contributed by atoms with Crippen LogP contribution >= 0.6 is 0 Å². The van der Waals surface area contributed by atoms with E-state index in [1.165, 1.54) is 6.33 Å². The van der Waals surface area contributed by atoms with Crippen LogP contribution in [0.1, 0.15) is 0 Å². The first-order chi connectivity index (χ1) is 11.6. The predicted molar refractivity (Wildman–Crippen MR) is 90.5 cm³/mol. The molecule has 0 saturated carbocycles. The van der Waals surface area contributed by atoms with Gasteiger partial charge in [0.15, 0.2) is 5.65 Å². The van der Waals surface area contributed by atoms with Crippen molar-refractivity contribution in [2.45, 2.75) is 0 Å². The zero-order chi connectivity index (χ0) is 16.7. The standard InChI is InChI=1S/C18H13N3O3/c22-13-5-1-11(2-6-13)15-9-21(12-3-7-14(23)8-4-12)17-16(15)18(24)20-10-19-17/h1-10,22-23H,(H,19,20,24). The van der Waals surface area contributed by atoms with Gasteiger partial charge in [0.05, 0.1) is 11.7 Å². The molecule has 0 amide bonds. The van der Waals surface area contributed by atoms with E-state index in [-0.39, 0.29) is 17.1 Å². The second kappa shape index (κ2) is 5.27. The average molecular weight is 319 g/mol. The molecule has 0 aliphatic carbocycles. The summed E-state index contributed by atoms with van der Waals surface area (Å²) in [6.07, 6.45) is 3.19. The molecule has 2 aromatic carbocycles. The fraction of sp³-hybridized carbons (Fsp3) is 0. The Kier molecular flexibility index (Phi) is 3.09. The first-order valence-electron chi connectivity index (χ1n) is 7.31. The summed E-state index contributed by atoms with van der Waals surface area (Å²) in [5.41, 5.74) is 2.58. The van der Waals surface area contributed by atoms with Gasteiger partial charge in [-0.2, -0.15) is 0 Å². The summed E-state index contributed by atoms with van der Waals surface area (Å²) in [6, 6.07) is 13.3. The molecule has 2 heterocycles. The van der Waals surface area contributed by atoms with Gasteiger partial charge in [-0.05, 0) is 42.0 Å². The van der Waals surface area contributed by atoms with Crippen molar-refractivity contribution in [3.63, 3.8) is 0 Å². The van der Waals surface area contributed by atoms with E-state index in [0.29, 0.717) is 16.6 Å². The van der Waals surface area contributed by atoms with Gasteiger partial charge in [0.2, 0.25) is 0 Å². The first kappa shape index (κ1) is 14.1. The lowest BCUT2D eigenvalue weighted by molar-refractivity contribution is 0.475. The van der Waals surface area contributed by atoms with Crippen LogP contribution in [0.15, 0.2) is 65.8 Å². The molecule has 118 valence electrons. The predicted octanol–water partition coefficient (Wildman–Crippen LogP) is 2.79. The highest BCUT2D eigenvalue weighted by atomic mass is 16.3. The third-order valence-corrected chi connectivity index (χ3v) is 3.90. The van der Waals surface area contributed by atoms with Crippen molar-refractivity contribution in [2.24, 2.45) is 0 Å². The van der Waals surface area contributed by atoms with Gasteiger partial charge in [-0.25, -0.2) is 4.98 Å². The van der Waals surface area contributed by atoms with Crippen molar-refractivity contribution in [1.29, 1.82) is 0 Å². The van der Waals surface area contributed by atoms with E-state index >= 15 is 0 Å². The number of aromatic amines is 1. The molecule has 0 atom stereocenters. The van der Waals surface area contributed by atoms with E-state index in [9.17, 15) is 15.0 Å². The van der Waals surface area contributed by atoms with Crippen LogP contribution in [-0.2, 0) is 0 Å². The monoisotopic (exact) mass is 319 g/mol. The van der Waals surface area contributed by atoms with Crippen molar-refractivity contribution in [3.8, 4) is 28.3 Å². The van der Waals surface area contributed by atoms with Gasteiger partial charge in [0, 0.05) is 17.4 Å². The molecular weight excluding hydrogens is 306 g/mol. The highest BCUT2D eigenvalue weighted by Crippen LogP contribution is 2.30. The third kappa shape index (κ3) is 2.21. The number of nitrogens with one attached hydrogen (secondary N) is 1. The second-order valence-electron chi connectivity index (χ2n) is 5.41. The van der Waals surface area contributed by atoms with E-state index < -0.39 is 0 Å². The molecule has 4 aromatic rings. The fourth-order valence-corrected chi connectivity index (χ4v) is 2.74. The number of rotatable bonds is 2. The molecule has 0 bridgehead atoms. The maximum atomic E-state index is 12.3. The number of hydrogen-bond donors (Lipinski definition) is 3. The number of phenolic OH excluding ortho intramolecular Hbond substituents is 2. The maximum absolute atomic E-state index is 12.3. The number of phenols is 2. The van der Waals surface area contributed by atoms with Crippen LogP contribution in [0.5, 0.6) is 11.5 Å². The topological polar surface area (TPSA) is 91.1 Å². The summed E-state index contributed by atoms with van der Waals surface area (Å²) < 4.78 is 1.80. The lowest BCUT2D eigenvalue weighted by atomic mass is 10.1. The summed E-state index contributed by atoms with van der Waals surface area (Å²) in [6.45, 7) is 0. The van der Waals surface area contributed by atoms with Gasteiger partial charge < -0.3 is 19.8 Å². The molecule has 6 nitrogen and oxygen atoms in total. The van der Waals surface area contributed by atoms with Crippen LogP contribution in [-0.4, -0.2) is 24.7 Å². The molecule has 0 aliphatic heterocycles. The molecule has 0 fully saturated rings. The number of aromatic hydroxyl groups is 2. The number of hydrogen-bond acceptors (Lipinski definition) is 4. The summed E-state index contributed by atoms with van der Waals surface area (Å²) >= 11 is 0. The smallest absolute Gasteiger partial charge is 0.260 e. The van der Waals surface area contributed by atoms with Crippen LogP contribution in [0, 0.1) is 0 Å². The van der Waals surface area contributed by atoms with E-state index in [4.69, 9.17) is 0 Å². The summed E-state index contributed by atoms with van der Waals surface area (Å²) in [5.74, 6) is 0.327. The fourth-order valence-electron chi connectivity index (χ4n) is 2.74. The van der Waals surface area contributed by atoms with Gasteiger partial charge in [-0.1, -0.05) is 12.1 Å². The lowest BCUT2D eigenvalue weighted by Gasteiger charge is -2.04. The van der Waals surface area contributed by atoms with Gasteiger partial charge >= 0.3 is 0 Å². The molecule has 0 radical (unpaired) electrons. The Labute approximate surface area is 136 Å². The minimum atomic E-state index is -0.236. The van der Waals surface area contributed by atoms with Crippen molar-refractivity contribution < 1.29 is 10.2 Å². The van der Waals surface area contributed by atoms with Gasteiger partial charge in [0.1, 0.15) is 11.5 Å². The van der Waals surface area contributed by atoms with Crippen LogP contribution in [0.4, 0.5) is 0 Å². The molecule has 3 N–H and O–H groups in total. The summed E-state index contributed by atoms with van der Waals surface area (Å²) in [5, 5.41) is 19.4. The van der Waals surface area contributed by atoms with Gasteiger partial charge in [-0.15, -0.1) is 0 Å². The Bertz CT molecular complexity index is 1080. The molecule has 0 saturated heterocycles. The molecule has 0 aliphatic rings. The molecule has 6 heteroatoms. The zero-order valence-electron chi connectivity index (χ0n) is 12.5. The van der Waals surface area contributed by atoms with Crippen LogP contribution in [0.2, 0.25) is 0 Å². The van der Waals surface area contributed by atoms with E-state index in [0.717, 1.165) is 11.3 Å². The van der Waals surface area contributed by atoms with Gasteiger partial charge in [0.25, 0.3) is 5.56 Å². The number of H-pyrrole nitrogens is 1. The molecule has 24 heavy (non-hydrogen) atoms. The highest BCUT2D eigenvalue weighted by Gasteiger charge is 2.15. The molecule has 0 spiro atoms. The highest BCUT2D eigenvalue weighted by molar-refractivity contribution is 5.94. The van der Waals surface area contributed by atoms with E-state index in [1.807, 2.05) is 6.20 Å². The quantitative estimate of drug-likeness (QED) is 0.530. The van der Waals surface area contributed by atoms with E-state index in [1.54, 1.807) is 53.1 Å². The van der Waals surface area contributed by atoms with Crippen molar-refractivity contribution >= 4 is 11.0 Å². The number of fused-ring (bicyclic) bond motifs is 1. The minimum Gasteiger partial charge on any atom is -0.508 e. The SMILES string of the molecule is O=c1[nH]cnc2c1c(-c1ccc(O)cc1)cn2-c1ccc(O)cc1. The lowest BCUT2D eigenvalue weighted by Crippen LogP contribution is -2.07. The third-order valence-electron chi connectivity index (χ3n) is 3.90. The molecule has 0 unspecified atom stereocenters. The Morgan fingerprint density at radius 1 is 0.917 bits per heavy atom. The van der Waals surface area contributed by atoms with Crippen LogP contribution < -0.4 is 5.56 Å². The Morgan fingerprint density at radius 2 is 1.54 bits per heavy atom. The van der Waals surface area contributed by atoms with Crippen molar-refractivity contribution in [3.05, 3.63) is 71.4 Å². The van der Waals surface area contributed by atoms with Crippen molar-refractivity contribution in [2.75, 3.05) is 0 Å². The molecule has 2 aromatic heterocycles. The van der Waals surface area contributed by atoms with Crippen molar-refractivity contribution in [1.82, 2.24) is 14.5 Å². The first-order valence-corrected chi connectivity index (χ1v) is 7.31. The summed E-state index contributed by atoms with van der Waals surface area (Å²) in [7, 11) is 0. The normalized spacial score (nSPS) is 11.0. The van der Waals surface area contributed by atoms with Gasteiger partial charge in [-0.3, -0.25) is 4.79 Å². The Hall–Kier alpha value is -3.54. The minimum absolute atomic E-state index is 0.160. The molecular formula is C18H13N3O3. The zero-order valence-corrected chi connectivity index (χ0v) is 12.5. The molecule has 4 rings (SSSR count). The average Bonchev–Trinajstić information content (AvgIpc) is 2.97. The Morgan fingerprint density at radius 3 is 2.21 bits per heavy atom. The number of benzene rings is 2. The van der Waals surface area contributed by atoms with Crippen LogP contribution in [0.3, 0.4) is 0 Å². The second-order valence-corrected chi connectivity index (χ2v) is 5.41. The summed E-state index contributed by atoms with van der Waals surface area (Å²) in [4.78, 5) is 19.2. The Balaban J connectivity index is 2.03.